The van der Waals surface area contributed by atoms with Crippen molar-refractivity contribution in [2.75, 3.05) is 6.61 Å². The number of rotatable bonds is 6. The lowest BCUT2D eigenvalue weighted by Gasteiger charge is -2.36. The van der Waals surface area contributed by atoms with Gasteiger partial charge in [0.1, 0.15) is 6.10 Å². The molecule has 0 aliphatic heterocycles. The van der Waals surface area contributed by atoms with E-state index in [1.165, 1.54) is 6.92 Å². The standard InChI is InChI=1S/C14H28O3Si/c1-11(15)17-13-10-12(13)8-7-9-16-18(5,6)14(2,3)4/h12-13H,7-10H2,1-6H3. The van der Waals surface area contributed by atoms with Crippen LogP contribution in [0.5, 0.6) is 0 Å². The Morgan fingerprint density at radius 2 is 1.94 bits per heavy atom. The average molecular weight is 272 g/mol. The van der Waals surface area contributed by atoms with Gasteiger partial charge in [0, 0.05) is 13.5 Å². The van der Waals surface area contributed by atoms with Crippen molar-refractivity contribution >= 4 is 14.3 Å². The van der Waals surface area contributed by atoms with Gasteiger partial charge in [-0.3, -0.25) is 4.79 Å². The Bertz CT molecular complexity index is 294. The van der Waals surface area contributed by atoms with Crippen LogP contribution < -0.4 is 0 Å². The third-order valence-corrected chi connectivity index (χ3v) is 8.70. The fraction of sp³-hybridized carbons (Fsp3) is 0.929. The zero-order chi connectivity index (χ0) is 14.0. The van der Waals surface area contributed by atoms with Crippen LogP contribution in [-0.4, -0.2) is 27.0 Å². The Balaban J connectivity index is 2.12. The summed E-state index contributed by atoms with van der Waals surface area (Å²) in [6, 6.07) is 0. The second-order valence-corrected chi connectivity index (χ2v) is 11.7. The first kappa shape index (κ1) is 15.7. The van der Waals surface area contributed by atoms with Crippen molar-refractivity contribution in [2.24, 2.45) is 5.92 Å². The number of esters is 1. The second-order valence-electron chi connectivity index (χ2n) is 6.89. The first-order chi connectivity index (χ1) is 8.13. The molecular formula is C14H28O3Si. The highest BCUT2D eigenvalue weighted by atomic mass is 28.4. The number of ether oxygens (including phenoxy) is 1. The Hall–Kier alpha value is -0.353. The molecule has 0 aromatic carbocycles. The van der Waals surface area contributed by atoms with Crippen molar-refractivity contribution in [2.45, 2.75) is 71.2 Å². The van der Waals surface area contributed by atoms with Crippen LogP contribution in [0.3, 0.4) is 0 Å². The van der Waals surface area contributed by atoms with Gasteiger partial charge in [-0.1, -0.05) is 20.8 Å². The lowest BCUT2D eigenvalue weighted by atomic mass is 10.2. The number of carbonyl (C=O) groups is 1. The van der Waals surface area contributed by atoms with Crippen LogP contribution in [0.25, 0.3) is 0 Å². The van der Waals surface area contributed by atoms with Crippen LogP contribution in [-0.2, 0) is 14.0 Å². The van der Waals surface area contributed by atoms with Crippen LogP contribution in [0.1, 0.15) is 47.0 Å². The molecule has 0 N–H and O–H groups in total. The van der Waals surface area contributed by atoms with Crippen LogP contribution in [0.2, 0.25) is 18.1 Å². The topological polar surface area (TPSA) is 35.5 Å². The zero-order valence-corrected chi connectivity index (χ0v) is 13.7. The fourth-order valence-corrected chi connectivity index (χ4v) is 2.86. The Labute approximate surface area is 112 Å². The lowest BCUT2D eigenvalue weighted by molar-refractivity contribution is -0.142. The molecule has 1 aliphatic rings. The minimum atomic E-state index is -1.59. The maximum Gasteiger partial charge on any atom is 0.302 e. The van der Waals surface area contributed by atoms with Gasteiger partial charge in [0.15, 0.2) is 8.32 Å². The summed E-state index contributed by atoms with van der Waals surface area (Å²) in [6.45, 7) is 13.7. The van der Waals surface area contributed by atoms with Gasteiger partial charge in [0.25, 0.3) is 0 Å². The Morgan fingerprint density at radius 3 is 2.44 bits per heavy atom. The maximum absolute atomic E-state index is 10.8. The average Bonchev–Trinajstić information content (AvgIpc) is 2.88. The second kappa shape index (κ2) is 5.74. The molecule has 3 nitrogen and oxygen atoms in total. The molecule has 106 valence electrons. The molecule has 1 rings (SSSR count). The van der Waals surface area contributed by atoms with E-state index in [9.17, 15) is 4.79 Å². The summed E-state index contributed by atoms with van der Waals surface area (Å²) >= 11 is 0. The van der Waals surface area contributed by atoms with E-state index in [4.69, 9.17) is 9.16 Å². The first-order valence-corrected chi connectivity index (χ1v) is 9.85. The number of hydrogen-bond acceptors (Lipinski definition) is 3. The molecule has 0 spiro atoms. The molecule has 0 radical (unpaired) electrons. The summed E-state index contributed by atoms with van der Waals surface area (Å²) < 4.78 is 11.3. The molecule has 0 heterocycles. The zero-order valence-electron chi connectivity index (χ0n) is 12.7. The van der Waals surface area contributed by atoms with Gasteiger partial charge in [-0.2, -0.15) is 0 Å². The van der Waals surface area contributed by atoms with E-state index >= 15 is 0 Å². The van der Waals surface area contributed by atoms with Gasteiger partial charge >= 0.3 is 5.97 Å². The minimum Gasteiger partial charge on any atom is -0.462 e. The SMILES string of the molecule is CC(=O)OC1CC1CCCO[Si](C)(C)C(C)(C)C. The van der Waals surface area contributed by atoms with Crippen molar-refractivity contribution < 1.29 is 14.0 Å². The first-order valence-electron chi connectivity index (χ1n) is 6.94. The summed E-state index contributed by atoms with van der Waals surface area (Å²) in [6.07, 6.45) is 3.43. The minimum absolute atomic E-state index is 0.153. The van der Waals surface area contributed by atoms with Crippen LogP contribution in [0.15, 0.2) is 0 Å². The fourth-order valence-electron chi connectivity index (χ4n) is 1.77. The van der Waals surface area contributed by atoms with Crippen molar-refractivity contribution in [3.8, 4) is 0 Å². The molecule has 1 aliphatic carbocycles. The molecule has 0 bridgehead atoms. The third-order valence-electron chi connectivity index (χ3n) is 4.16. The van der Waals surface area contributed by atoms with Gasteiger partial charge in [0.2, 0.25) is 0 Å². The summed E-state index contributed by atoms with van der Waals surface area (Å²) in [5, 5.41) is 0.285. The van der Waals surface area contributed by atoms with Gasteiger partial charge in [-0.05, 0) is 43.3 Å². The molecule has 4 heteroatoms. The summed E-state index contributed by atoms with van der Waals surface area (Å²) in [5.74, 6) is 0.428. The number of hydrogen-bond donors (Lipinski definition) is 0. The van der Waals surface area contributed by atoms with E-state index in [1.54, 1.807) is 0 Å². The summed E-state index contributed by atoms with van der Waals surface area (Å²) in [4.78, 5) is 10.8. The van der Waals surface area contributed by atoms with Crippen LogP contribution in [0, 0.1) is 5.92 Å². The van der Waals surface area contributed by atoms with Crippen LogP contribution in [0.4, 0.5) is 0 Å². The molecule has 0 saturated heterocycles. The van der Waals surface area contributed by atoms with Crippen molar-refractivity contribution in [1.82, 2.24) is 0 Å². The third kappa shape index (κ3) is 4.73. The quantitative estimate of drug-likeness (QED) is 0.420. The van der Waals surface area contributed by atoms with Gasteiger partial charge in [0.05, 0.1) is 0 Å². The van der Waals surface area contributed by atoms with Crippen molar-refractivity contribution in [1.29, 1.82) is 0 Å². The normalized spacial score (nSPS) is 23.9. The maximum atomic E-state index is 10.8. The number of carbonyl (C=O) groups excluding carboxylic acids is 1. The highest BCUT2D eigenvalue weighted by Gasteiger charge is 2.40. The monoisotopic (exact) mass is 272 g/mol. The summed E-state index contributed by atoms with van der Waals surface area (Å²) in [7, 11) is -1.59. The highest BCUT2D eigenvalue weighted by Crippen LogP contribution is 2.39. The van der Waals surface area contributed by atoms with Crippen molar-refractivity contribution in [3.05, 3.63) is 0 Å². The van der Waals surface area contributed by atoms with E-state index in [0.717, 1.165) is 25.9 Å². The molecule has 2 atom stereocenters. The van der Waals surface area contributed by atoms with Gasteiger partial charge in [-0.25, -0.2) is 0 Å². The van der Waals surface area contributed by atoms with E-state index in [-0.39, 0.29) is 17.1 Å². The summed E-state index contributed by atoms with van der Waals surface area (Å²) in [5.41, 5.74) is 0. The Morgan fingerprint density at radius 1 is 1.33 bits per heavy atom. The van der Waals surface area contributed by atoms with E-state index < -0.39 is 8.32 Å². The molecule has 0 amide bonds. The van der Waals surface area contributed by atoms with E-state index in [0.29, 0.717) is 5.92 Å². The van der Waals surface area contributed by atoms with Crippen molar-refractivity contribution in [3.63, 3.8) is 0 Å². The lowest BCUT2D eigenvalue weighted by Crippen LogP contribution is -2.40. The molecule has 1 saturated carbocycles. The van der Waals surface area contributed by atoms with E-state index in [2.05, 4.69) is 33.9 Å². The molecule has 0 aromatic rings. The van der Waals surface area contributed by atoms with Crippen LogP contribution >= 0.6 is 0 Å². The predicted octanol–water partition coefficient (Wildman–Crippen LogP) is 3.74. The molecule has 18 heavy (non-hydrogen) atoms. The van der Waals surface area contributed by atoms with Gasteiger partial charge < -0.3 is 9.16 Å². The molecule has 0 aromatic heterocycles. The largest absolute Gasteiger partial charge is 0.462 e. The highest BCUT2D eigenvalue weighted by molar-refractivity contribution is 6.74. The molecule has 1 fully saturated rings. The van der Waals surface area contributed by atoms with Gasteiger partial charge in [-0.15, -0.1) is 0 Å². The molecule has 2 unspecified atom stereocenters. The smallest absolute Gasteiger partial charge is 0.302 e. The van der Waals surface area contributed by atoms with E-state index in [1.807, 2.05) is 0 Å². The predicted molar refractivity (Wildman–Crippen MR) is 76.0 cm³/mol. The Kier molecular flexibility index (Phi) is 5.01. The molecular weight excluding hydrogens is 244 g/mol.